The number of methoxy groups -OCH3 is 1. The summed E-state index contributed by atoms with van der Waals surface area (Å²) in [5.74, 6) is 0.0902. The lowest BCUT2D eigenvalue weighted by atomic mass is 9.81. The molecule has 2 heterocycles. The average molecular weight is 430 g/mol. The van der Waals surface area contributed by atoms with E-state index in [0.29, 0.717) is 23.5 Å². The van der Waals surface area contributed by atoms with E-state index < -0.39 is 32.6 Å². The lowest BCUT2D eigenvalue weighted by molar-refractivity contribution is -0.132. The number of amides is 1. The molecular formula is C23H27NO5S. The maximum absolute atomic E-state index is 13.6. The summed E-state index contributed by atoms with van der Waals surface area (Å²) in [5, 5.41) is 1.55. The summed E-state index contributed by atoms with van der Waals surface area (Å²) in [6, 6.07) is 12.1. The fraction of sp³-hybridized carbons (Fsp3) is 0.435. The second-order valence-corrected chi connectivity index (χ2v) is 11.3. The van der Waals surface area contributed by atoms with Gasteiger partial charge in [-0.1, -0.05) is 32.9 Å². The maximum Gasteiger partial charge on any atom is 0.242 e. The summed E-state index contributed by atoms with van der Waals surface area (Å²) < 4.78 is 38.5. The van der Waals surface area contributed by atoms with Crippen LogP contribution in [0.25, 0.3) is 0 Å². The van der Waals surface area contributed by atoms with Gasteiger partial charge in [0.15, 0.2) is 20.8 Å². The molecule has 2 aliphatic heterocycles. The summed E-state index contributed by atoms with van der Waals surface area (Å²) in [7, 11) is -2.37. The molecule has 0 spiro atoms. The number of hydrogen-bond donors (Lipinski definition) is 1. The molecule has 4 rings (SSSR count). The van der Waals surface area contributed by atoms with Crippen molar-refractivity contribution in [3.05, 3.63) is 53.6 Å². The zero-order valence-electron chi connectivity index (χ0n) is 17.9. The van der Waals surface area contributed by atoms with Crippen molar-refractivity contribution in [1.82, 2.24) is 5.32 Å². The lowest BCUT2D eigenvalue weighted by Crippen LogP contribution is -2.63. The highest BCUT2D eigenvalue weighted by molar-refractivity contribution is 7.92. The molecule has 6 nitrogen and oxygen atoms in total. The lowest BCUT2D eigenvalue weighted by Gasteiger charge is -2.46. The predicted octanol–water partition coefficient (Wildman–Crippen LogP) is 3.55. The third-order valence-electron chi connectivity index (χ3n) is 5.96. The van der Waals surface area contributed by atoms with E-state index in [1.165, 1.54) is 0 Å². The Balaban J connectivity index is 1.80. The van der Waals surface area contributed by atoms with E-state index in [-0.39, 0.29) is 10.3 Å². The number of ether oxygens (including phenoxy) is 2. The molecule has 0 aromatic heterocycles. The highest BCUT2D eigenvalue weighted by Crippen LogP contribution is 2.48. The molecule has 30 heavy (non-hydrogen) atoms. The number of hydrogen-bond acceptors (Lipinski definition) is 5. The van der Waals surface area contributed by atoms with Crippen LogP contribution in [0.2, 0.25) is 0 Å². The van der Waals surface area contributed by atoms with Gasteiger partial charge in [-0.05, 0) is 48.2 Å². The molecule has 2 aliphatic rings. The number of carbonyl (C=O) groups excluding carboxylic acids is 1. The first-order valence-electron chi connectivity index (χ1n) is 9.98. The Morgan fingerprint density at radius 1 is 1.13 bits per heavy atom. The molecular weight excluding hydrogens is 402 g/mol. The first-order chi connectivity index (χ1) is 13.9. The third kappa shape index (κ3) is 3.35. The molecule has 1 saturated heterocycles. The van der Waals surface area contributed by atoms with Gasteiger partial charge in [0.2, 0.25) is 5.91 Å². The van der Waals surface area contributed by atoms with E-state index in [0.717, 1.165) is 5.56 Å². The van der Waals surface area contributed by atoms with Gasteiger partial charge in [-0.3, -0.25) is 4.79 Å². The number of piperidine rings is 1. The third-order valence-corrected chi connectivity index (χ3v) is 8.10. The van der Waals surface area contributed by atoms with Gasteiger partial charge < -0.3 is 14.8 Å². The first-order valence-corrected chi connectivity index (χ1v) is 11.5. The molecule has 0 unspecified atom stereocenters. The highest BCUT2D eigenvalue weighted by Gasteiger charge is 2.54. The van der Waals surface area contributed by atoms with Crippen molar-refractivity contribution in [1.29, 1.82) is 0 Å². The Hall–Kier alpha value is -2.54. The second-order valence-electron chi connectivity index (χ2n) is 9.28. The van der Waals surface area contributed by atoms with Gasteiger partial charge >= 0.3 is 0 Å². The SMILES string of the molecule is COc1ccc2c(c1)[C@@H]1C[C@@](C)(NC(=O)[C@H]1S(=O)(=O)c1ccc(C(C)(C)C)cc1)O2. The van der Waals surface area contributed by atoms with Crippen LogP contribution >= 0.6 is 0 Å². The van der Waals surface area contributed by atoms with Crippen LogP contribution in [0.15, 0.2) is 47.4 Å². The monoisotopic (exact) mass is 429 g/mol. The largest absolute Gasteiger partial charge is 0.497 e. The normalized spacial score (nSPS) is 25.7. The summed E-state index contributed by atoms with van der Waals surface area (Å²) in [6.07, 6.45) is 0.364. The molecule has 1 N–H and O–H groups in total. The number of sulfone groups is 1. The zero-order valence-corrected chi connectivity index (χ0v) is 18.7. The standard InChI is InChI=1S/C23H27NO5S/c1-22(2,3)14-6-9-16(10-7-14)30(26,27)20-18-13-23(4,24-21(20)25)29-19-11-8-15(28-5)12-17(18)19/h6-12,18,20H,13H2,1-5H3,(H,24,25)/t18-,20-,23-/m0/s1. The fourth-order valence-electron chi connectivity index (χ4n) is 4.36. The van der Waals surface area contributed by atoms with Gasteiger partial charge in [-0.2, -0.15) is 0 Å². The molecule has 2 aromatic rings. The molecule has 2 bridgehead atoms. The van der Waals surface area contributed by atoms with Crippen LogP contribution in [0.5, 0.6) is 11.5 Å². The molecule has 2 aromatic carbocycles. The van der Waals surface area contributed by atoms with Crippen LogP contribution in [0.1, 0.15) is 51.2 Å². The Morgan fingerprint density at radius 3 is 2.40 bits per heavy atom. The van der Waals surface area contributed by atoms with E-state index in [4.69, 9.17) is 9.47 Å². The van der Waals surface area contributed by atoms with Crippen molar-refractivity contribution in [3.8, 4) is 11.5 Å². The van der Waals surface area contributed by atoms with Gasteiger partial charge in [-0.25, -0.2) is 8.42 Å². The molecule has 0 saturated carbocycles. The van der Waals surface area contributed by atoms with Crippen molar-refractivity contribution in [2.24, 2.45) is 0 Å². The van der Waals surface area contributed by atoms with Crippen molar-refractivity contribution in [3.63, 3.8) is 0 Å². The first kappa shape index (κ1) is 20.7. The predicted molar refractivity (Wildman–Crippen MR) is 114 cm³/mol. The molecule has 1 fully saturated rings. The Kier molecular flexibility index (Phi) is 4.65. The van der Waals surface area contributed by atoms with Gasteiger partial charge in [0, 0.05) is 17.9 Å². The molecule has 7 heteroatoms. The molecule has 1 amide bonds. The minimum absolute atomic E-state index is 0.0947. The van der Waals surface area contributed by atoms with Gasteiger partial charge in [0.05, 0.1) is 12.0 Å². The smallest absolute Gasteiger partial charge is 0.242 e. The summed E-state index contributed by atoms with van der Waals surface area (Å²) in [4.78, 5) is 13.2. The minimum Gasteiger partial charge on any atom is -0.497 e. The number of fused-ring (bicyclic) bond motifs is 4. The number of rotatable bonds is 3. The highest BCUT2D eigenvalue weighted by atomic mass is 32.2. The van der Waals surface area contributed by atoms with E-state index >= 15 is 0 Å². The molecule has 3 atom stereocenters. The van der Waals surface area contributed by atoms with Crippen molar-refractivity contribution in [2.45, 2.75) is 61.3 Å². The summed E-state index contributed by atoms with van der Waals surface area (Å²) in [5.41, 5.74) is 0.679. The number of carbonyl (C=O) groups is 1. The van der Waals surface area contributed by atoms with E-state index in [1.807, 2.05) is 12.1 Å². The van der Waals surface area contributed by atoms with Crippen molar-refractivity contribution in [2.75, 3.05) is 7.11 Å². The van der Waals surface area contributed by atoms with Gasteiger partial charge in [0.1, 0.15) is 11.5 Å². The Bertz CT molecular complexity index is 1100. The number of nitrogens with one attached hydrogen (secondary N) is 1. The fourth-order valence-corrected chi connectivity index (χ4v) is 6.18. The summed E-state index contributed by atoms with van der Waals surface area (Å²) in [6.45, 7) is 7.97. The van der Waals surface area contributed by atoms with Crippen LogP contribution in [0, 0.1) is 0 Å². The van der Waals surface area contributed by atoms with Crippen LogP contribution in [0.3, 0.4) is 0 Å². The molecule has 0 radical (unpaired) electrons. The van der Waals surface area contributed by atoms with Gasteiger partial charge in [0.25, 0.3) is 0 Å². The minimum atomic E-state index is -3.92. The zero-order chi connectivity index (χ0) is 21.9. The summed E-state index contributed by atoms with van der Waals surface area (Å²) >= 11 is 0. The van der Waals surface area contributed by atoms with Crippen LogP contribution in [-0.2, 0) is 20.0 Å². The molecule has 0 aliphatic carbocycles. The van der Waals surface area contributed by atoms with Gasteiger partial charge in [-0.15, -0.1) is 0 Å². The maximum atomic E-state index is 13.6. The van der Waals surface area contributed by atoms with Crippen LogP contribution < -0.4 is 14.8 Å². The quantitative estimate of drug-likeness (QED) is 0.807. The Labute approximate surface area is 177 Å². The second kappa shape index (κ2) is 6.74. The molecule has 160 valence electrons. The van der Waals surface area contributed by atoms with Crippen molar-refractivity contribution >= 4 is 15.7 Å². The average Bonchev–Trinajstić information content (AvgIpc) is 2.66. The Morgan fingerprint density at radius 2 is 1.80 bits per heavy atom. The van der Waals surface area contributed by atoms with E-state index in [1.54, 1.807) is 44.4 Å². The van der Waals surface area contributed by atoms with Crippen LogP contribution in [-0.4, -0.2) is 32.4 Å². The van der Waals surface area contributed by atoms with Crippen LogP contribution in [0.4, 0.5) is 0 Å². The van der Waals surface area contributed by atoms with Crippen molar-refractivity contribution < 1.29 is 22.7 Å². The van der Waals surface area contributed by atoms with E-state index in [2.05, 4.69) is 26.1 Å². The topological polar surface area (TPSA) is 81.7 Å². The van der Waals surface area contributed by atoms with E-state index in [9.17, 15) is 13.2 Å². The number of benzene rings is 2.